The first-order valence-electron chi connectivity index (χ1n) is 8.67. The summed E-state index contributed by atoms with van der Waals surface area (Å²) in [7, 11) is 0. The van der Waals surface area contributed by atoms with Crippen molar-refractivity contribution in [2.24, 2.45) is 0 Å². The largest absolute Gasteiger partial charge is 0.506 e. The van der Waals surface area contributed by atoms with E-state index in [0.717, 1.165) is 0 Å². The molecule has 0 aromatic heterocycles. The van der Waals surface area contributed by atoms with Crippen molar-refractivity contribution < 1.29 is 93.4 Å². The summed E-state index contributed by atoms with van der Waals surface area (Å²) in [5.74, 6) is -5.38. The molecule has 0 amide bonds. The SMILES string of the molecule is FF.FF.FF.FF.FF.FF.FF.O=C1C(=O)c2ccccc2C(O)=C1C1=C(O)c2ccccc2C(=O)C1=O. The first kappa shape index (κ1) is 42.3. The Bertz CT molecular complexity index is 1060. The van der Waals surface area contributed by atoms with Crippen molar-refractivity contribution in [2.75, 3.05) is 0 Å². The van der Waals surface area contributed by atoms with Gasteiger partial charge in [-0.15, -0.1) is 0 Å². The van der Waals surface area contributed by atoms with E-state index >= 15 is 0 Å². The van der Waals surface area contributed by atoms with E-state index in [1.807, 2.05) is 0 Å². The lowest BCUT2D eigenvalue weighted by Crippen LogP contribution is -2.32. The molecule has 0 unspecified atom stereocenters. The zero-order valence-corrected chi connectivity index (χ0v) is 18.4. The standard InChI is InChI=1S/C20H10O6.7F2/c21-15-9-5-1-3-7-11(9)17(23)19(25)13(15)14-16(22)10-6-2-4-8-12(10)18(24)20(14)26;7*1-2/h1-8,21-22H;;;;;;;. The highest BCUT2D eigenvalue weighted by Gasteiger charge is 2.42. The van der Waals surface area contributed by atoms with Crippen LogP contribution in [0, 0.1) is 0 Å². The highest BCUT2D eigenvalue weighted by atomic mass is 20.0. The number of fused-ring (bicyclic) bond motifs is 2. The summed E-state index contributed by atoms with van der Waals surface area (Å²) in [6.07, 6.45) is 0. The van der Waals surface area contributed by atoms with Crippen molar-refractivity contribution in [1.29, 1.82) is 0 Å². The maximum Gasteiger partial charge on any atom is 0.238 e. The molecule has 2 N–H and O–H groups in total. The topological polar surface area (TPSA) is 109 Å². The highest BCUT2D eigenvalue weighted by molar-refractivity contribution is 6.60. The minimum Gasteiger partial charge on any atom is -0.506 e. The van der Waals surface area contributed by atoms with Crippen LogP contribution in [0.3, 0.4) is 0 Å². The molecule has 0 heterocycles. The number of aliphatic hydroxyl groups excluding tert-OH is 2. The van der Waals surface area contributed by atoms with Crippen LogP contribution in [0.2, 0.25) is 0 Å². The van der Waals surface area contributed by atoms with Gasteiger partial charge in [0.25, 0.3) is 0 Å². The van der Waals surface area contributed by atoms with Crippen LogP contribution in [0.25, 0.3) is 11.5 Å². The highest BCUT2D eigenvalue weighted by Crippen LogP contribution is 2.37. The van der Waals surface area contributed by atoms with E-state index in [1.165, 1.54) is 36.4 Å². The summed E-state index contributed by atoms with van der Waals surface area (Å²) in [5.41, 5.74) is -1.20. The first-order chi connectivity index (χ1) is 19.4. The average Bonchev–Trinajstić information content (AvgIpc) is 3.07. The van der Waals surface area contributed by atoms with Gasteiger partial charge in [-0.05, 0) is 0 Å². The zero-order chi connectivity index (χ0) is 32.6. The average molecular weight is 612 g/mol. The number of allylic oxidation sites excluding steroid dienone is 2. The maximum atomic E-state index is 12.5. The molecule has 0 aliphatic heterocycles. The molecule has 6 nitrogen and oxygen atoms in total. The number of hydrogen-bond acceptors (Lipinski definition) is 6. The first-order valence-corrected chi connectivity index (χ1v) is 8.67. The molecule has 0 fully saturated rings. The van der Waals surface area contributed by atoms with E-state index in [0.29, 0.717) is 0 Å². The van der Waals surface area contributed by atoms with E-state index in [9.17, 15) is 29.4 Å². The van der Waals surface area contributed by atoms with E-state index in [-0.39, 0.29) is 22.3 Å². The summed E-state index contributed by atoms with van der Waals surface area (Å²) in [6.45, 7) is 0. The molecule has 224 valence electrons. The summed E-state index contributed by atoms with van der Waals surface area (Å²) in [4.78, 5) is 49.8. The predicted octanol–water partition coefficient (Wildman–Crippen LogP) is 8.34. The van der Waals surface area contributed by atoms with Crippen molar-refractivity contribution in [2.45, 2.75) is 0 Å². The maximum absolute atomic E-state index is 12.5. The molecule has 2 aromatic carbocycles. The third kappa shape index (κ3) is 9.20. The van der Waals surface area contributed by atoms with Gasteiger partial charge in [0.1, 0.15) is 11.5 Å². The van der Waals surface area contributed by atoms with Crippen molar-refractivity contribution >= 4 is 34.7 Å². The molecular weight excluding hydrogens is 602 g/mol. The Morgan fingerprint density at radius 2 is 0.550 bits per heavy atom. The van der Waals surface area contributed by atoms with Crippen LogP contribution in [0.1, 0.15) is 31.8 Å². The van der Waals surface area contributed by atoms with Crippen LogP contribution in [-0.4, -0.2) is 33.3 Å². The second kappa shape index (κ2) is 24.6. The van der Waals surface area contributed by atoms with Gasteiger partial charge in [0.15, 0.2) is 0 Å². The van der Waals surface area contributed by atoms with Gasteiger partial charge in [-0.25, -0.2) is 0 Å². The van der Waals surface area contributed by atoms with Gasteiger partial charge in [0, 0.05) is 86.3 Å². The van der Waals surface area contributed by atoms with Crippen LogP contribution >= 0.6 is 0 Å². The van der Waals surface area contributed by atoms with Gasteiger partial charge in [0.2, 0.25) is 23.1 Å². The summed E-state index contributed by atoms with van der Waals surface area (Å²) in [6, 6.07) is 11.7. The minimum atomic E-state index is -1.15. The van der Waals surface area contributed by atoms with Gasteiger partial charge in [-0.1, -0.05) is 48.5 Å². The number of rotatable bonds is 1. The molecule has 0 bridgehead atoms. The van der Waals surface area contributed by atoms with Crippen molar-refractivity contribution in [3.05, 3.63) is 81.9 Å². The summed E-state index contributed by atoms with van der Waals surface area (Å²) < 4.78 is 112. The van der Waals surface area contributed by atoms with E-state index < -0.39 is 45.8 Å². The third-order valence-electron chi connectivity index (χ3n) is 4.44. The van der Waals surface area contributed by atoms with Gasteiger partial charge in [-0.3, -0.25) is 19.2 Å². The number of halogens is 14. The van der Waals surface area contributed by atoms with Gasteiger partial charge >= 0.3 is 0 Å². The number of aliphatic hydroxyl groups is 2. The Hall–Kier alpha value is -4.78. The van der Waals surface area contributed by atoms with Gasteiger partial charge < -0.3 is 10.2 Å². The molecule has 40 heavy (non-hydrogen) atoms. The van der Waals surface area contributed by atoms with Crippen LogP contribution in [0.15, 0.2) is 59.7 Å². The summed E-state index contributed by atoms with van der Waals surface area (Å²) >= 11 is 0. The van der Waals surface area contributed by atoms with E-state index in [4.69, 9.17) is 64.0 Å². The number of ketones is 4. The third-order valence-corrected chi connectivity index (χ3v) is 4.44. The molecule has 0 spiro atoms. The molecule has 2 aliphatic carbocycles. The molecule has 0 radical (unpaired) electrons. The Morgan fingerprint density at radius 1 is 0.350 bits per heavy atom. The molecule has 0 saturated heterocycles. The number of hydrogen-bond donors (Lipinski definition) is 2. The smallest absolute Gasteiger partial charge is 0.238 e. The molecule has 20 heteroatoms. The Balaban J connectivity index is -0.000000406. The lowest BCUT2D eigenvalue weighted by molar-refractivity contribution is -0.114. The number of Topliss-reactive ketones (excluding diaryl/α,β-unsaturated/α-hetero) is 4. The molecule has 4 rings (SSSR count). The monoisotopic (exact) mass is 612 g/mol. The number of carbonyl (C=O) groups is 4. The van der Waals surface area contributed by atoms with Crippen LogP contribution in [0.4, 0.5) is 64.0 Å². The van der Waals surface area contributed by atoms with Crippen molar-refractivity contribution in [3.63, 3.8) is 0 Å². The van der Waals surface area contributed by atoms with Crippen molar-refractivity contribution in [3.8, 4) is 0 Å². The van der Waals surface area contributed by atoms with Gasteiger partial charge in [0.05, 0.1) is 11.1 Å². The summed E-state index contributed by atoms with van der Waals surface area (Å²) in [5, 5.41) is 21.1. The van der Waals surface area contributed by atoms with Crippen LogP contribution in [-0.2, 0) is 9.59 Å². The molecular formula is C20H10F14O6. The predicted molar refractivity (Wildman–Crippen MR) is 106 cm³/mol. The fourth-order valence-corrected chi connectivity index (χ4v) is 3.20. The lowest BCUT2D eigenvalue weighted by Gasteiger charge is -2.22. The lowest BCUT2D eigenvalue weighted by atomic mass is 9.79. The minimum absolute atomic E-state index is 0.00572. The second-order valence-electron chi connectivity index (χ2n) is 5.85. The number of benzene rings is 2. The van der Waals surface area contributed by atoms with Crippen molar-refractivity contribution in [1.82, 2.24) is 0 Å². The van der Waals surface area contributed by atoms with Crippen LogP contribution in [0.5, 0.6) is 0 Å². The molecule has 2 aliphatic rings. The number of carbonyl (C=O) groups excluding carboxylic acids is 4. The Morgan fingerprint density at radius 3 is 0.775 bits per heavy atom. The Labute approximate surface area is 211 Å². The quantitative estimate of drug-likeness (QED) is 0.248. The van der Waals surface area contributed by atoms with Crippen LogP contribution < -0.4 is 0 Å². The second-order valence-corrected chi connectivity index (χ2v) is 5.85. The fraction of sp³-hybridized carbons (Fsp3) is 0. The Kier molecular flexibility index (Phi) is 26.0. The van der Waals surface area contributed by atoms with Gasteiger partial charge in [-0.2, -0.15) is 0 Å². The van der Waals surface area contributed by atoms with E-state index in [1.54, 1.807) is 12.1 Å². The van der Waals surface area contributed by atoms with E-state index in [2.05, 4.69) is 0 Å². The zero-order valence-electron chi connectivity index (χ0n) is 18.4. The molecule has 0 atom stereocenters. The molecule has 0 saturated carbocycles. The molecule has 2 aromatic rings. The normalized spacial score (nSPS) is 11.9. The fourth-order valence-electron chi connectivity index (χ4n) is 3.20.